The van der Waals surface area contributed by atoms with Crippen LogP contribution in [0.25, 0.3) is 10.9 Å². The zero-order valence-corrected chi connectivity index (χ0v) is 17.6. The number of aromatic nitrogens is 1. The molecule has 146 valence electrons. The van der Waals surface area contributed by atoms with Crippen LogP contribution in [0.1, 0.15) is 56.8 Å². The number of nitrogens with zero attached hydrogens (tertiary/aromatic N) is 1. The molecule has 1 N–H and O–H groups in total. The maximum absolute atomic E-state index is 12.0. The van der Waals surface area contributed by atoms with E-state index in [1.807, 2.05) is 43.5 Å². The minimum Gasteiger partial charge on any atom is -0.480 e. The molecule has 0 bridgehead atoms. The molecule has 1 heterocycles. The first-order valence-electron chi connectivity index (χ1n) is 9.50. The second-order valence-electron chi connectivity index (χ2n) is 7.49. The van der Waals surface area contributed by atoms with Crippen molar-refractivity contribution in [3.05, 3.63) is 33.9 Å². The van der Waals surface area contributed by atoms with Crippen LogP contribution < -0.4 is 0 Å². The molecular weight excluding hydrogens is 410 g/mol. The van der Waals surface area contributed by atoms with Crippen molar-refractivity contribution in [1.29, 1.82) is 0 Å². The highest BCUT2D eigenvalue weighted by Gasteiger charge is 2.45. The van der Waals surface area contributed by atoms with Gasteiger partial charge in [-0.1, -0.05) is 19.1 Å². The first kappa shape index (κ1) is 19.9. The number of carbonyl (C=O) groups is 2. The Morgan fingerprint density at radius 1 is 1.33 bits per heavy atom. The number of hydrogen-bond donors (Lipinski definition) is 1. The summed E-state index contributed by atoms with van der Waals surface area (Å²) in [5.41, 5.74) is 2.99. The molecule has 1 atom stereocenters. The fraction of sp³-hybridized carbons (Fsp3) is 0.524. The third kappa shape index (κ3) is 3.77. The van der Waals surface area contributed by atoms with Gasteiger partial charge in [-0.25, -0.2) is 4.79 Å². The Bertz CT molecular complexity index is 882. The van der Waals surface area contributed by atoms with Crippen molar-refractivity contribution >= 4 is 38.8 Å². The smallest absolute Gasteiger partial charge is 0.326 e. The fourth-order valence-electron chi connectivity index (χ4n) is 4.08. The van der Waals surface area contributed by atoms with E-state index in [1.54, 1.807) is 0 Å². The number of halogens is 1. The molecule has 6 heteroatoms. The molecule has 1 fully saturated rings. The maximum Gasteiger partial charge on any atom is 0.326 e. The Morgan fingerprint density at radius 3 is 2.59 bits per heavy atom. The van der Waals surface area contributed by atoms with Crippen LogP contribution in [0.3, 0.4) is 0 Å². The number of benzene rings is 1. The molecule has 5 nitrogen and oxygen atoms in total. The summed E-state index contributed by atoms with van der Waals surface area (Å²) in [6.45, 7) is 6.11. The second kappa shape index (κ2) is 7.66. The molecule has 1 aromatic carbocycles. The molecule has 0 aliphatic heterocycles. The van der Waals surface area contributed by atoms with Gasteiger partial charge in [0.1, 0.15) is 6.04 Å². The van der Waals surface area contributed by atoms with Crippen molar-refractivity contribution in [3.8, 4) is 0 Å². The summed E-state index contributed by atoms with van der Waals surface area (Å²) in [6.07, 6.45) is 3.71. The number of para-hydroxylation sites is 1. The number of esters is 1. The Hall–Kier alpha value is -1.82. The fourth-order valence-corrected chi connectivity index (χ4v) is 4.64. The number of rotatable bonds is 8. The van der Waals surface area contributed by atoms with Crippen LogP contribution in [-0.2, 0) is 20.7 Å². The van der Waals surface area contributed by atoms with Gasteiger partial charge in [-0.15, -0.1) is 0 Å². The lowest BCUT2D eigenvalue weighted by Gasteiger charge is -2.18. The summed E-state index contributed by atoms with van der Waals surface area (Å²) in [4.78, 5) is 23.9. The number of carboxylic acid groups (broad SMARTS) is 1. The van der Waals surface area contributed by atoms with E-state index < -0.39 is 12.0 Å². The summed E-state index contributed by atoms with van der Waals surface area (Å²) >= 11 is 3.61. The van der Waals surface area contributed by atoms with Crippen LogP contribution in [0.15, 0.2) is 22.7 Å². The first-order chi connectivity index (χ1) is 12.8. The Kier molecular flexibility index (Phi) is 5.65. The number of carbonyl (C=O) groups excluding carboxylic acids is 1. The lowest BCUT2D eigenvalue weighted by molar-refractivity contribution is -0.144. The van der Waals surface area contributed by atoms with E-state index in [4.69, 9.17) is 4.74 Å². The molecule has 0 saturated heterocycles. The van der Waals surface area contributed by atoms with Crippen LogP contribution in [0.4, 0.5) is 0 Å². The van der Waals surface area contributed by atoms with Crippen LogP contribution in [-0.4, -0.2) is 28.2 Å². The Morgan fingerprint density at radius 2 is 2.04 bits per heavy atom. The lowest BCUT2D eigenvalue weighted by atomic mass is 9.91. The van der Waals surface area contributed by atoms with Crippen LogP contribution in [0.2, 0.25) is 0 Å². The molecule has 1 aliphatic carbocycles. The van der Waals surface area contributed by atoms with E-state index in [2.05, 4.69) is 15.9 Å². The van der Waals surface area contributed by atoms with Crippen molar-refractivity contribution in [2.24, 2.45) is 5.41 Å². The number of ether oxygens (including phenoxy) is 1. The van der Waals surface area contributed by atoms with Gasteiger partial charge in [-0.3, -0.25) is 4.79 Å². The molecule has 1 unspecified atom stereocenters. The molecule has 3 rings (SSSR count). The number of hydrogen-bond acceptors (Lipinski definition) is 3. The molecule has 1 saturated carbocycles. The number of aliphatic carboxylic acids is 1. The SMILES string of the molecule is CCOC(=O)CC1(Cc2c(C)n(C(CC)C(=O)O)c3c(Br)cccc23)CC1. The zero-order valence-electron chi connectivity index (χ0n) is 16.0. The summed E-state index contributed by atoms with van der Waals surface area (Å²) in [5, 5.41) is 10.8. The molecule has 0 radical (unpaired) electrons. The normalized spacial score (nSPS) is 16.3. The summed E-state index contributed by atoms with van der Waals surface area (Å²) in [7, 11) is 0. The van der Waals surface area contributed by atoms with Crippen molar-refractivity contribution < 1.29 is 19.4 Å². The van der Waals surface area contributed by atoms with Gasteiger partial charge in [0.05, 0.1) is 18.5 Å². The average molecular weight is 436 g/mol. The van der Waals surface area contributed by atoms with E-state index in [0.29, 0.717) is 19.4 Å². The molecule has 2 aromatic rings. The zero-order chi connectivity index (χ0) is 19.8. The van der Waals surface area contributed by atoms with Gasteiger partial charge in [0.15, 0.2) is 0 Å². The van der Waals surface area contributed by atoms with Crippen molar-refractivity contribution in [1.82, 2.24) is 4.57 Å². The molecule has 1 aromatic heterocycles. The second-order valence-corrected chi connectivity index (χ2v) is 8.35. The average Bonchev–Trinajstić information content (AvgIpc) is 3.30. The van der Waals surface area contributed by atoms with Gasteiger partial charge >= 0.3 is 11.9 Å². The molecule has 1 aliphatic rings. The van der Waals surface area contributed by atoms with Crippen LogP contribution >= 0.6 is 15.9 Å². The maximum atomic E-state index is 12.0. The highest BCUT2D eigenvalue weighted by molar-refractivity contribution is 9.10. The van der Waals surface area contributed by atoms with E-state index in [-0.39, 0.29) is 11.4 Å². The van der Waals surface area contributed by atoms with Crippen LogP contribution in [0.5, 0.6) is 0 Å². The Labute approximate surface area is 167 Å². The van der Waals surface area contributed by atoms with Gasteiger partial charge in [0.25, 0.3) is 0 Å². The standard InChI is InChI=1S/C21H26BrNO4/c1-4-17(20(25)26)23-13(3)15(14-7-6-8-16(22)19(14)23)11-21(9-10-21)12-18(24)27-5-2/h6-8,17H,4-5,9-12H2,1-3H3,(H,25,26). The van der Waals surface area contributed by atoms with Crippen LogP contribution in [0, 0.1) is 12.3 Å². The highest BCUT2D eigenvalue weighted by atomic mass is 79.9. The minimum atomic E-state index is -0.826. The third-order valence-corrected chi connectivity index (χ3v) is 6.31. The van der Waals surface area contributed by atoms with Gasteiger partial charge in [-0.2, -0.15) is 0 Å². The van der Waals surface area contributed by atoms with Gasteiger partial charge in [-0.05, 0) is 72.5 Å². The van der Waals surface area contributed by atoms with E-state index >= 15 is 0 Å². The predicted molar refractivity (Wildman–Crippen MR) is 108 cm³/mol. The lowest BCUT2D eigenvalue weighted by Crippen LogP contribution is -2.20. The summed E-state index contributed by atoms with van der Waals surface area (Å²) in [5.74, 6) is -0.970. The van der Waals surface area contributed by atoms with E-state index in [9.17, 15) is 14.7 Å². The minimum absolute atomic E-state index is 0.0522. The number of fused-ring (bicyclic) bond motifs is 1. The number of carboxylic acids is 1. The molecule has 0 spiro atoms. The molecular formula is C21H26BrNO4. The monoisotopic (exact) mass is 435 g/mol. The van der Waals surface area contributed by atoms with Gasteiger partial charge in [0, 0.05) is 15.6 Å². The largest absolute Gasteiger partial charge is 0.480 e. The topological polar surface area (TPSA) is 68.5 Å². The molecule has 27 heavy (non-hydrogen) atoms. The predicted octanol–water partition coefficient (Wildman–Crippen LogP) is 5.02. The van der Waals surface area contributed by atoms with E-state index in [0.717, 1.165) is 45.9 Å². The highest BCUT2D eigenvalue weighted by Crippen LogP contribution is 2.53. The summed E-state index contributed by atoms with van der Waals surface area (Å²) < 4.78 is 7.99. The third-order valence-electron chi connectivity index (χ3n) is 5.67. The van der Waals surface area contributed by atoms with E-state index in [1.165, 1.54) is 0 Å². The van der Waals surface area contributed by atoms with Gasteiger partial charge in [0.2, 0.25) is 0 Å². The molecule has 0 amide bonds. The Balaban J connectivity index is 2.07. The first-order valence-corrected chi connectivity index (χ1v) is 10.3. The van der Waals surface area contributed by atoms with Crippen molar-refractivity contribution in [3.63, 3.8) is 0 Å². The van der Waals surface area contributed by atoms with Crippen molar-refractivity contribution in [2.45, 2.75) is 58.9 Å². The van der Waals surface area contributed by atoms with Crippen molar-refractivity contribution in [2.75, 3.05) is 6.61 Å². The summed E-state index contributed by atoms with van der Waals surface area (Å²) in [6, 6.07) is 5.36. The van der Waals surface area contributed by atoms with Gasteiger partial charge < -0.3 is 14.4 Å². The quantitative estimate of drug-likeness (QED) is 0.590.